The summed E-state index contributed by atoms with van der Waals surface area (Å²) in [6.07, 6.45) is 7.84. The van der Waals surface area contributed by atoms with Crippen LogP contribution >= 0.6 is 0 Å². The Balaban J connectivity index is 0.000000313. The van der Waals surface area contributed by atoms with E-state index in [0.717, 1.165) is 28.4 Å². The molecule has 3 aromatic rings. The molecular weight excluding hydrogens is 277 g/mol. The monoisotopic (exact) mass is 294 g/mol. The number of nitrogens with zero attached hydrogens (tertiary/aromatic N) is 2. The molecule has 1 saturated carbocycles. The molecule has 4 rings (SSSR count). The highest BCUT2D eigenvalue weighted by Gasteiger charge is 2.13. The molecule has 111 valence electrons. The van der Waals surface area contributed by atoms with E-state index in [4.69, 9.17) is 0 Å². The fraction of sp³-hybridized carbons (Fsp3) is 0.167. The lowest BCUT2D eigenvalue weighted by atomic mass is 10.1. The van der Waals surface area contributed by atoms with Crippen molar-refractivity contribution < 1.29 is 4.39 Å². The van der Waals surface area contributed by atoms with E-state index < -0.39 is 0 Å². The van der Waals surface area contributed by atoms with Crippen molar-refractivity contribution in [3.8, 4) is 22.5 Å². The van der Waals surface area contributed by atoms with Crippen LogP contribution in [-0.2, 0) is 0 Å². The largest absolute Gasteiger partial charge is 0.344 e. The highest BCUT2D eigenvalue weighted by Crippen LogP contribution is 2.28. The van der Waals surface area contributed by atoms with Crippen molar-refractivity contribution in [1.29, 1.82) is 0 Å². The second kappa shape index (κ2) is 6.52. The van der Waals surface area contributed by atoms with Crippen molar-refractivity contribution in [1.82, 2.24) is 15.0 Å². The minimum Gasteiger partial charge on any atom is -0.344 e. The number of nitrogens with one attached hydrogen (secondary N) is 1. The van der Waals surface area contributed by atoms with Crippen LogP contribution in [0.3, 0.4) is 0 Å². The SMILES string of the molecule is Fc1ccc(-c2nc[nH]c2-c2ccncc2)cc1.[CH2]C1CC1. The maximum Gasteiger partial charge on any atom is 0.123 e. The van der Waals surface area contributed by atoms with E-state index in [2.05, 4.69) is 21.9 Å². The molecule has 4 heteroatoms. The molecule has 0 saturated heterocycles. The molecule has 0 bridgehead atoms. The molecule has 1 aliphatic rings. The van der Waals surface area contributed by atoms with E-state index in [1.807, 2.05) is 12.1 Å². The minimum atomic E-state index is -0.250. The van der Waals surface area contributed by atoms with Crippen molar-refractivity contribution in [2.45, 2.75) is 12.8 Å². The molecule has 2 aromatic heterocycles. The zero-order chi connectivity index (χ0) is 15.4. The van der Waals surface area contributed by atoms with Crippen molar-refractivity contribution in [2.24, 2.45) is 5.92 Å². The number of hydrogen-bond donors (Lipinski definition) is 1. The molecule has 3 nitrogen and oxygen atoms in total. The van der Waals surface area contributed by atoms with Gasteiger partial charge in [-0.05, 0) is 42.3 Å². The summed E-state index contributed by atoms with van der Waals surface area (Å²) in [6.45, 7) is 3.75. The van der Waals surface area contributed by atoms with Gasteiger partial charge in [0.1, 0.15) is 5.82 Å². The molecule has 1 aromatic carbocycles. The molecule has 1 N–H and O–H groups in total. The van der Waals surface area contributed by atoms with Crippen LogP contribution in [0.4, 0.5) is 4.39 Å². The van der Waals surface area contributed by atoms with Gasteiger partial charge in [-0.2, -0.15) is 0 Å². The third-order valence-corrected chi connectivity index (χ3v) is 3.42. The number of rotatable bonds is 2. The van der Waals surface area contributed by atoms with Gasteiger partial charge in [0.05, 0.1) is 17.7 Å². The Morgan fingerprint density at radius 3 is 2.23 bits per heavy atom. The summed E-state index contributed by atoms with van der Waals surface area (Å²) in [5.74, 6) is 0.583. The topological polar surface area (TPSA) is 41.6 Å². The predicted octanol–water partition coefficient (Wildman–Crippen LogP) is 4.51. The first-order valence-corrected chi connectivity index (χ1v) is 7.27. The number of H-pyrrole nitrogens is 1. The molecule has 1 fully saturated rings. The molecular formula is C18H17FN3. The van der Waals surface area contributed by atoms with Gasteiger partial charge in [0.25, 0.3) is 0 Å². The quantitative estimate of drug-likeness (QED) is 0.755. The summed E-state index contributed by atoms with van der Waals surface area (Å²) in [6, 6.07) is 10.1. The smallest absolute Gasteiger partial charge is 0.123 e. The van der Waals surface area contributed by atoms with Gasteiger partial charge in [-0.25, -0.2) is 9.37 Å². The fourth-order valence-corrected chi connectivity index (χ4v) is 1.98. The Labute approximate surface area is 129 Å². The van der Waals surface area contributed by atoms with Gasteiger partial charge in [0, 0.05) is 23.5 Å². The number of imidazole rings is 1. The molecule has 0 spiro atoms. The van der Waals surface area contributed by atoms with Crippen LogP contribution in [0.1, 0.15) is 12.8 Å². The number of aromatic amines is 1. The first-order chi connectivity index (χ1) is 10.7. The van der Waals surface area contributed by atoms with Crippen LogP contribution in [0, 0.1) is 18.7 Å². The zero-order valence-corrected chi connectivity index (χ0v) is 12.2. The van der Waals surface area contributed by atoms with E-state index in [1.165, 1.54) is 25.0 Å². The maximum absolute atomic E-state index is 12.9. The molecule has 22 heavy (non-hydrogen) atoms. The van der Waals surface area contributed by atoms with Gasteiger partial charge < -0.3 is 4.98 Å². The highest BCUT2D eigenvalue weighted by atomic mass is 19.1. The summed E-state index contributed by atoms with van der Waals surface area (Å²) < 4.78 is 12.9. The number of aromatic nitrogens is 3. The van der Waals surface area contributed by atoms with Gasteiger partial charge in [-0.3, -0.25) is 4.98 Å². The number of halogens is 1. The number of benzene rings is 1. The Kier molecular flexibility index (Phi) is 4.28. The molecule has 2 heterocycles. The van der Waals surface area contributed by atoms with Gasteiger partial charge in [0.15, 0.2) is 0 Å². The molecule has 1 aliphatic carbocycles. The van der Waals surface area contributed by atoms with Crippen LogP contribution in [0.5, 0.6) is 0 Å². The van der Waals surface area contributed by atoms with E-state index in [9.17, 15) is 4.39 Å². The molecule has 0 aliphatic heterocycles. The van der Waals surface area contributed by atoms with Gasteiger partial charge in [0.2, 0.25) is 0 Å². The first-order valence-electron chi connectivity index (χ1n) is 7.27. The van der Waals surface area contributed by atoms with Crippen LogP contribution in [0.25, 0.3) is 22.5 Å². The first kappa shape index (κ1) is 14.4. The van der Waals surface area contributed by atoms with E-state index >= 15 is 0 Å². The second-order valence-electron chi connectivity index (χ2n) is 5.31. The summed E-state index contributed by atoms with van der Waals surface area (Å²) >= 11 is 0. The zero-order valence-electron chi connectivity index (χ0n) is 12.2. The Morgan fingerprint density at radius 1 is 1.00 bits per heavy atom. The van der Waals surface area contributed by atoms with Crippen molar-refractivity contribution in [3.05, 3.63) is 67.9 Å². The number of pyridine rings is 1. The Morgan fingerprint density at radius 2 is 1.64 bits per heavy atom. The average Bonchev–Trinajstić information content (AvgIpc) is 3.18. The van der Waals surface area contributed by atoms with E-state index in [0.29, 0.717) is 0 Å². The average molecular weight is 294 g/mol. The summed E-state index contributed by atoms with van der Waals surface area (Å²) in [5, 5.41) is 0. The van der Waals surface area contributed by atoms with Crippen molar-refractivity contribution in [2.75, 3.05) is 0 Å². The minimum absolute atomic E-state index is 0.250. The third kappa shape index (κ3) is 3.58. The molecule has 0 amide bonds. The number of hydrogen-bond acceptors (Lipinski definition) is 2. The van der Waals surface area contributed by atoms with Crippen molar-refractivity contribution >= 4 is 0 Å². The van der Waals surface area contributed by atoms with Gasteiger partial charge in [-0.1, -0.05) is 19.8 Å². The van der Waals surface area contributed by atoms with Crippen LogP contribution in [0.15, 0.2) is 55.1 Å². The molecule has 1 radical (unpaired) electrons. The van der Waals surface area contributed by atoms with Crippen molar-refractivity contribution in [3.63, 3.8) is 0 Å². The van der Waals surface area contributed by atoms with Crippen LogP contribution in [-0.4, -0.2) is 15.0 Å². The van der Waals surface area contributed by atoms with Crippen LogP contribution in [0.2, 0.25) is 0 Å². The van der Waals surface area contributed by atoms with E-state index in [-0.39, 0.29) is 5.82 Å². The highest BCUT2D eigenvalue weighted by molar-refractivity contribution is 5.77. The van der Waals surface area contributed by atoms with E-state index in [1.54, 1.807) is 30.9 Å². The lowest BCUT2D eigenvalue weighted by Gasteiger charge is -2.02. The normalized spacial score (nSPS) is 13.4. The van der Waals surface area contributed by atoms with Gasteiger partial charge in [-0.15, -0.1) is 0 Å². The summed E-state index contributed by atoms with van der Waals surface area (Å²) in [5.41, 5.74) is 3.59. The Hall–Kier alpha value is -2.49. The third-order valence-electron chi connectivity index (χ3n) is 3.42. The van der Waals surface area contributed by atoms with Crippen LogP contribution < -0.4 is 0 Å². The Bertz CT molecular complexity index is 716. The predicted molar refractivity (Wildman–Crippen MR) is 85.3 cm³/mol. The standard InChI is InChI=1S/C14H10FN3.C4H7/c15-12-3-1-10(2-4-12)13-14(18-9-17-13)11-5-7-16-8-6-11;1-4-2-3-4/h1-9H,(H,17,18);4H,1-3H2. The van der Waals surface area contributed by atoms with Gasteiger partial charge >= 0.3 is 0 Å². The maximum atomic E-state index is 12.9. The molecule has 0 atom stereocenters. The lowest BCUT2D eigenvalue weighted by molar-refractivity contribution is 0.628. The lowest BCUT2D eigenvalue weighted by Crippen LogP contribution is -1.84. The summed E-state index contributed by atoms with van der Waals surface area (Å²) in [4.78, 5) is 11.4. The molecule has 0 unspecified atom stereocenters. The summed E-state index contributed by atoms with van der Waals surface area (Å²) in [7, 11) is 0. The second-order valence-corrected chi connectivity index (χ2v) is 5.31. The fourth-order valence-electron chi connectivity index (χ4n) is 1.98.